The van der Waals surface area contributed by atoms with E-state index in [-0.39, 0.29) is 11.5 Å². The van der Waals surface area contributed by atoms with Gasteiger partial charge in [-0.15, -0.1) is 0 Å². The zero-order valence-corrected chi connectivity index (χ0v) is 16.1. The van der Waals surface area contributed by atoms with Crippen molar-refractivity contribution in [1.29, 1.82) is 0 Å². The van der Waals surface area contributed by atoms with Crippen molar-refractivity contribution in [1.82, 2.24) is 14.6 Å². The number of aromatic nitrogens is 3. The Balaban J connectivity index is 1.76. The summed E-state index contributed by atoms with van der Waals surface area (Å²) in [6.45, 7) is 6.60. The van der Waals surface area contributed by atoms with Gasteiger partial charge in [-0.3, -0.25) is 0 Å². The van der Waals surface area contributed by atoms with Gasteiger partial charge in [0.2, 0.25) is 0 Å². The zero-order valence-electron chi connectivity index (χ0n) is 16.1. The molecule has 2 aromatic carbocycles. The Hall–Kier alpha value is -3.54. The monoisotopic (exact) mass is 374 g/mol. The highest BCUT2D eigenvalue weighted by Crippen LogP contribution is 2.34. The molecule has 3 N–H and O–H groups in total. The molecule has 6 heteroatoms. The molecule has 28 heavy (non-hydrogen) atoms. The van der Waals surface area contributed by atoms with Crippen LogP contribution in [0.25, 0.3) is 16.8 Å². The molecule has 2 aromatic heterocycles. The number of benzene rings is 2. The van der Waals surface area contributed by atoms with Gasteiger partial charge in [-0.1, -0.05) is 35.9 Å². The molecular weight excluding hydrogens is 352 g/mol. The number of aryl methyl sites for hydroxylation is 3. The fourth-order valence-electron chi connectivity index (χ4n) is 3.29. The zero-order chi connectivity index (χ0) is 19.8. The molecule has 6 nitrogen and oxygen atoms in total. The van der Waals surface area contributed by atoms with Crippen molar-refractivity contribution in [3.63, 3.8) is 0 Å². The van der Waals surface area contributed by atoms with E-state index in [1.807, 2.05) is 19.9 Å². The summed E-state index contributed by atoms with van der Waals surface area (Å²) in [4.78, 5) is 4.67. The average Bonchev–Trinajstić information content (AvgIpc) is 2.99. The molecule has 2 heterocycles. The van der Waals surface area contributed by atoms with E-state index in [4.69, 9.17) is 0 Å². The normalized spacial score (nSPS) is 11.1. The molecule has 0 atom stereocenters. The summed E-state index contributed by atoms with van der Waals surface area (Å²) in [5, 5.41) is 27.6. The molecule has 0 saturated carbocycles. The van der Waals surface area contributed by atoms with Gasteiger partial charge >= 0.3 is 0 Å². The number of nitrogens with zero attached hydrogens (tertiary/aromatic N) is 3. The van der Waals surface area contributed by atoms with Crippen LogP contribution in [-0.2, 0) is 6.54 Å². The van der Waals surface area contributed by atoms with E-state index in [1.54, 1.807) is 10.6 Å². The SMILES string of the molecule is Cc1ccc(CNc2cc(C)nc3c(-c4ccc(O)c(O)c4)c(C)nn23)cc1. The first-order chi connectivity index (χ1) is 13.4. The molecular formula is C22H22N4O2. The van der Waals surface area contributed by atoms with E-state index in [2.05, 4.69) is 46.6 Å². The third-order valence-corrected chi connectivity index (χ3v) is 4.75. The first-order valence-electron chi connectivity index (χ1n) is 9.11. The first kappa shape index (κ1) is 17.9. The lowest BCUT2D eigenvalue weighted by atomic mass is 10.1. The molecule has 0 saturated heterocycles. The van der Waals surface area contributed by atoms with Crippen LogP contribution in [0, 0.1) is 20.8 Å². The Morgan fingerprint density at radius 2 is 1.68 bits per heavy atom. The van der Waals surface area contributed by atoms with Crippen molar-refractivity contribution in [3.8, 4) is 22.6 Å². The maximum absolute atomic E-state index is 9.89. The smallest absolute Gasteiger partial charge is 0.165 e. The Labute approximate surface area is 163 Å². The Kier molecular flexibility index (Phi) is 4.39. The summed E-state index contributed by atoms with van der Waals surface area (Å²) < 4.78 is 1.79. The number of phenols is 2. The van der Waals surface area contributed by atoms with E-state index in [1.165, 1.54) is 23.3 Å². The van der Waals surface area contributed by atoms with Crippen molar-refractivity contribution >= 4 is 11.5 Å². The summed E-state index contributed by atoms with van der Waals surface area (Å²) in [5.74, 6) is 0.532. The van der Waals surface area contributed by atoms with Crippen LogP contribution >= 0.6 is 0 Å². The third-order valence-electron chi connectivity index (χ3n) is 4.75. The fraction of sp³-hybridized carbons (Fsp3) is 0.182. The maximum Gasteiger partial charge on any atom is 0.165 e. The van der Waals surface area contributed by atoms with Gasteiger partial charge in [-0.05, 0) is 44.0 Å². The predicted molar refractivity (Wildman–Crippen MR) is 110 cm³/mol. The van der Waals surface area contributed by atoms with Crippen LogP contribution in [0.1, 0.15) is 22.5 Å². The van der Waals surface area contributed by atoms with Crippen LogP contribution in [0.15, 0.2) is 48.5 Å². The molecule has 4 aromatic rings. The number of rotatable bonds is 4. The number of aromatic hydroxyl groups is 2. The molecule has 0 aliphatic heterocycles. The van der Waals surface area contributed by atoms with Crippen LogP contribution in [0.4, 0.5) is 5.82 Å². The minimum absolute atomic E-state index is 0.150. The summed E-state index contributed by atoms with van der Waals surface area (Å²) in [7, 11) is 0. The lowest BCUT2D eigenvalue weighted by Gasteiger charge is -2.10. The van der Waals surface area contributed by atoms with Crippen molar-refractivity contribution in [2.75, 3.05) is 5.32 Å². The predicted octanol–water partition coefficient (Wildman–Crippen LogP) is 4.34. The molecule has 0 amide bonds. The van der Waals surface area contributed by atoms with Crippen molar-refractivity contribution in [2.24, 2.45) is 0 Å². The highest BCUT2D eigenvalue weighted by molar-refractivity contribution is 5.82. The van der Waals surface area contributed by atoms with Crippen LogP contribution in [-0.4, -0.2) is 24.8 Å². The van der Waals surface area contributed by atoms with Crippen molar-refractivity contribution in [2.45, 2.75) is 27.3 Å². The Bertz CT molecular complexity index is 1160. The van der Waals surface area contributed by atoms with E-state index in [0.717, 1.165) is 28.3 Å². The van der Waals surface area contributed by atoms with Gasteiger partial charge in [0.05, 0.1) is 5.69 Å². The van der Waals surface area contributed by atoms with Gasteiger partial charge in [-0.25, -0.2) is 4.98 Å². The van der Waals surface area contributed by atoms with E-state index < -0.39 is 0 Å². The maximum atomic E-state index is 9.89. The minimum Gasteiger partial charge on any atom is -0.504 e. The lowest BCUT2D eigenvalue weighted by molar-refractivity contribution is 0.404. The highest BCUT2D eigenvalue weighted by Gasteiger charge is 2.17. The molecule has 4 rings (SSSR count). The standard InChI is InChI=1S/C22H22N4O2/c1-13-4-6-16(7-5-13)12-23-20-10-14(2)24-22-21(15(3)25-26(20)22)17-8-9-18(27)19(28)11-17/h4-11,23,27-28H,12H2,1-3H3. The molecule has 0 spiro atoms. The summed E-state index contributed by atoms with van der Waals surface area (Å²) in [5.41, 5.74) is 6.36. The summed E-state index contributed by atoms with van der Waals surface area (Å²) in [6.07, 6.45) is 0. The molecule has 0 aliphatic carbocycles. The third kappa shape index (κ3) is 3.24. The molecule has 0 bridgehead atoms. The molecule has 0 aliphatic rings. The number of phenolic OH excluding ortho intramolecular Hbond substituents is 2. The van der Waals surface area contributed by atoms with Crippen LogP contribution in [0.3, 0.4) is 0 Å². The van der Waals surface area contributed by atoms with Crippen LogP contribution < -0.4 is 5.32 Å². The minimum atomic E-state index is -0.165. The van der Waals surface area contributed by atoms with Gasteiger partial charge in [0.25, 0.3) is 0 Å². The number of fused-ring (bicyclic) bond motifs is 1. The van der Waals surface area contributed by atoms with Crippen molar-refractivity contribution in [3.05, 3.63) is 71.0 Å². The molecule has 142 valence electrons. The van der Waals surface area contributed by atoms with Crippen LogP contribution in [0.5, 0.6) is 11.5 Å². The molecule has 0 unspecified atom stereocenters. The number of hydrogen-bond acceptors (Lipinski definition) is 5. The molecule has 0 radical (unpaired) electrons. The quantitative estimate of drug-likeness (QED) is 0.463. The second-order valence-electron chi connectivity index (χ2n) is 7.02. The largest absolute Gasteiger partial charge is 0.504 e. The number of hydrogen-bond donors (Lipinski definition) is 3. The second kappa shape index (κ2) is 6.88. The van der Waals surface area contributed by atoms with Crippen LogP contribution in [0.2, 0.25) is 0 Å². The van der Waals surface area contributed by atoms with Gasteiger partial charge in [0, 0.05) is 23.9 Å². The fourth-order valence-corrected chi connectivity index (χ4v) is 3.29. The summed E-state index contributed by atoms with van der Waals surface area (Å²) in [6, 6.07) is 15.1. The number of nitrogens with one attached hydrogen (secondary N) is 1. The van der Waals surface area contributed by atoms with Gasteiger partial charge in [0.1, 0.15) is 5.82 Å². The van der Waals surface area contributed by atoms with Gasteiger partial charge < -0.3 is 15.5 Å². The first-order valence-corrected chi connectivity index (χ1v) is 9.11. The second-order valence-corrected chi connectivity index (χ2v) is 7.02. The average molecular weight is 374 g/mol. The van der Waals surface area contributed by atoms with Gasteiger partial charge in [0.15, 0.2) is 17.1 Å². The van der Waals surface area contributed by atoms with Gasteiger partial charge in [-0.2, -0.15) is 9.61 Å². The molecule has 0 fully saturated rings. The topological polar surface area (TPSA) is 82.7 Å². The Morgan fingerprint density at radius 1 is 0.929 bits per heavy atom. The lowest BCUT2D eigenvalue weighted by Crippen LogP contribution is -2.07. The van der Waals surface area contributed by atoms with Crippen molar-refractivity contribution < 1.29 is 10.2 Å². The summed E-state index contributed by atoms with van der Waals surface area (Å²) >= 11 is 0. The number of anilines is 1. The van der Waals surface area contributed by atoms with E-state index in [0.29, 0.717) is 12.2 Å². The van der Waals surface area contributed by atoms with E-state index in [9.17, 15) is 10.2 Å². The highest BCUT2D eigenvalue weighted by atomic mass is 16.3. The van der Waals surface area contributed by atoms with E-state index >= 15 is 0 Å². The Morgan fingerprint density at radius 3 is 2.39 bits per heavy atom.